The van der Waals surface area contributed by atoms with E-state index < -0.39 is 11.9 Å². The molecule has 164 valence electrons. The molecule has 0 heterocycles. The van der Waals surface area contributed by atoms with Crippen molar-refractivity contribution in [1.29, 1.82) is 0 Å². The Kier molecular flexibility index (Phi) is 13.1. The molecule has 0 aromatic heterocycles. The molecule has 0 unspecified atom stereocenters. The van der Waals surface area contributed by atoms with Gasteiger partial charge in [-0.2, -0.15) is 0 Å². The first-order chi connectivity index (χ1) is 13.9. The number of benzene rings is 1. The van der Waals surface area contributed by atoms with Crippen molar-refractivity contribution in [3.05, 3.63) is 34.9 Å². The van der Waals surface area contributed by atoms with Crippen LogP contribution in [-0.2, 0) is 22.4 Å². The molecule has 2 N–H and O–H groups in total. The summed E-state index contributed by atoms with van der Waals surface area (Å²) in [7, 11) is 0. The molecule has 0 saturated heterocycles. The van der Waals surface area contributed by atoms with Crippen molar-refractivity contribution >= 4 is 11.9 Å². The van der Waals surface area contributed by atoms with Gasteiger partial charge >= 0.3 is 11.9 Å². The molecule has 4 nitrogen and oxygen atoms in total. The van der Waals surface area contributed by atoms with Gasteiger partial charge in [0, 0.05) is 12.8 Å². The van der Waals surface area contributed by atoms with Crippen molar-refractivity contribution in [2.75, 3.05) is 0 Å². The van der Waals surface area contributed by atoms with E-state index in [0.29, 0.717) is 5.92 Å². The van der Waals surface area contributed by atoms with Gasteiger partial charge in [0.15, 0.2) is 0 Å². The van der Waals surface area contributed by atoms with Gasteiger partial charge in [-0.25, -0.2) is 0 Å². The van der Waals surface area contributed by atoms with E-state index in [0.717, 1.165) is 77.0 Å². The molecule has 0 spiro atoms. The minimum absolute atomic E-state index is 0.289. The standard InChI is InChI=1S/C25H40O4/c1-20(2)22-18-17-21(13-9-5-3-7-11-15-24(26)27)23(19-22)14-10-6-4-8-12-16-25(28)29/h17-20H,3-16H2,1-2H3,(H,26,27)(H,28,29). The molecule has 0 amide bonds. The third-order valence-electron chi connectivity index (χ3n) is 5.57. The van der Waals surface area contributed by atoms with E-state index >= 15 is 0 Å². The first kappa shape index (κ1) is 25.2. The Balaban J connectivity index is 2.40. The summed E-state index contributed by atoms with van der Waals surface area (Å²) in [6.07, 6.45) is 13.3. The van der Waals surface area contributed by atoms with E-state index in [1.807, 2.05) is 0 Å². The zero-order chi connectivity index (χ0) is 21.5. The first-order valence-electron chi connectivity index (χ1n) is 11.5. The summed E-state index contributed by atoms with van der Waals surface area (Å²) in [5, 5.41) is 17.4. The summed E-state index contributed by atoms with van der Waals surface area (Å²) in [6.45, 7) is 4.47. The predicted octanol–water partition coefficient (Wildman–Crippen LogP) is 6.75. The zero-order valence-corrected chi connectivity index (χ0v) is 18.4. The van der Waals surface area contributed by atoms with E-state index in [1.54, 1.807) is 0 Å². The lowest BCUT2D eigenvalue weighted by Crippen LogP contribution is -1.99. The molecule has 0 bridgehead atoms. The van der Waals surface area contributed by atoms with Crippen LogP contribution in [0.25, 0.3) is 0 Å². The number of unbranched alkanes of at least 4 members (excludes halogenated alkanes) is 8. The summed E-state index contributed by atoms with van der Waals surface area (Å²) < 4.78 is 0. The Labute approximate surface area is 176 Å². The second-order valence-electron chi connectivity index (χ2n) is 8.51. The molecule has 0 atom stereocenters. The van der Waals surface area contributed by atoms with Gasteiger partial charge in [0.25, 0.3) is 0 Å². The fourth-order valence-electron chi connectivity index (χ4n) is 3.73. The smallest absolute Gasteiger partial charge is 0.303 e. The average Bonchev–Trinajstić information content (AvgIpc) is 2.66. The third kappa shape index (κ3) is 12.4. The third-order valence-corrected chi connectivity index (χ3v) is 5.57. The summed E-state index contributed by atoms with van der Waals surface area (Å²) >= 11 is 0. The Bertz CT molecular complexity index is 607. The number of carboxylic acid groups (broad SMARTS) is 2. The number of aryl methyl sites for hydroxylation is 2. The number of carbonyl (C=O) groups is 2. The van der Waals surface area contributed by atoms with Crippen LogP contribution >= 0.6 is 0 Å². The number of hydrogen-bond donors (Lipinski definition) is 2. The summed E-state index contributed by atoms with van der Waals surface area (Å²) in [5.41, 5.74) is 4.34. The Morgan fingerprint density at radius 1 is 0.690 bits per heavy atom. The molecule has 0 aliphatic heterocycles. The van der Waals surface area contributed by atoms with E-state index in [4.69, 9.17) is 10.2 Å². The molecule has 29 heavy (non-hydrogen) atoms. The molecule has 0 fully saturated rings. The molecular formula is C25H40O4. The molecule has 1 aromatic rings. The van der Waals surface area contributed by atoms with Crippen molar-refractivity contribution in [3.8, 4) is 0 Å². The monoisotopic (exact) mass is 404 g/mol. The van der Waals surface area contributed by atoms with Crippen LogP contribution < -0.4 is 0 Å². The number of carboxylic acids is 2. The van der Waals surface area contributed by atoms with Gasteiger partial charge in [0.2, 0.25) is 0 Å². The van der Waals surface area contributed by atoms with Crippen LogP contribution in [0.15, 0.2) is 18.2 Å². The van der Waals surface area contributed by atoms with Crippen molar-refractivity contribution in [2.24, 2.45) is 0 Å². The molecule has 4 heteroatoms. The van der Waals surface area contributed by atoms with Crippen LogP contribution in [0.5, 0.6) is 0 Å². The average molecular weight is 405 g/mol. The highest BCUT2D eigenvalue weighted by Crippen LogP contribution is 2.23. The van der Waals surface area contributed by atoms with Gasteiger partial charge in [0.1, 0.15) is 0 Å². The minimum atomic E-state index is -0.693. The summed E-state index contributed by atoms with van der Waals surface area (Å²) in [4.78, 5) is 21.1. The van der Waals surface area contributed by atoms with Crippen LogP contribution in [0.4, 0.5) is 0 Å². The van der Waals surface area contributed by atoms with Gasteiger partial charge in [-0.05, 0) is 61.1 Å². The minimum Gasteiger partial charge on any atom is -0.481 e. The Hall–Kier alpha value is -1.84. The van der Waals surface area contributed by atoms with Crippen LogP contribution in [0.1, 0.15) is 114 Å². The molecule has 1 aromatic carbocycles. The molecule has 0 aliphatic carbocycles. The van der Waals surface area contributed by atoms with Gasteiger partial charge in [-0.15, -0.1) is 0 Å². The number of hydrogen-bond acceptors (Lipinski definition) is 2. The maximum absolute atomic E-state index is 10.6. The second-order valence-corrected chi connectivity index (χ2v) is 8.51. The summed E-state index contributed by atoms with van der Waals surface area (Å²) in [6, 6.07) is 6.96. The fourth-order valence-corrected chi connectivity index (χ4v) is 3.73. The normalized spacial score (nSPS) is 11.1. The maximum atomic E-state index is 10.6. The zero-order valence-electron chi connectivity index (χ0n) is 18.4. The summed E-state index contributed by atoms with van der Waals surface area (Å²) in [5.74, 6) is -0.850. The van der Waals surface area contributed by atoms with Crippen LogP contribution in [0.3, 0.4) is 0 Å². The molecule has 0 aliphatic rings. The lowest BCUT2D eigenvalue weighted by atomic mass is 9.91. The van der Waals surface area contributed by atoms with Crippen molar-refractivity contribution in [2.45, 2.75) is 110 Å². The molecular weight excluding hydrogens is 364 g/mol. The topological polar surface area (TPSA) is 74.6 Å². The largest absolute Gasteiger partial charge is 0.481 e. The van der Waals surface area contributed by atoms with Gasteiger partial charge in [-0.3, -0.25) is 9.59 Å². The van der Waals surface area contributed by atoms with Crippen molar-refractivity contribution in [1.82, 2.24) is 0 Å². The van der Waals surface area contributed by atoms with E-state index in [9.17, 15) is 9.59 Å². The van der Waals surface area contributed by atoms with Crippen LogP contribution in [-0.4, -0.2) is 22.2 Å². The van der Waals surface area contributed by atoms with E-state index in [1.165, 1.54) is 16.7 Å². The molecule has 1 rings (SSSR count). The van der Waals surface area contributed by atoms with Gasteiger partial charge < -0.3 is 10.2 Å². The fraction of sp³-hybridized carbons (Fsp3) is 0.680. The highest BCUT2D eigenvalue weighted by Gasteiger charge is 2.07. The van der Waals surface area contributed by atoms with E-state index in [-0.39, 0.29) is 12.8 Å². The Morgan fingerprint density at radius 3 is 1.62 bits per heavy atom. The van der Waals surface area contributed by atoms with Crippen LogP contribution in [0, 0.1) is 0 Å². The van der Waals surface area contributed by atoms with Gasteiger partial charge in [0.05, 0.1) is 0 Å². The van der Waals surface area contributed by atoms with Crippen molar-refractivity contribution < 1.29 is 19.8 Å². The van der Waals surface area contributed by atoms with Gasteiger partial charge in [-0.1, -0.05) is 70.6 Å². The molecule has 0 saturated carbocycles. The van der Waals surface area contributed by atoms with Crippen LogP contribution in [0.2, 0.25) is 0 Å². The quantitative estimate of drug-likeness (QED) is 0.282. The second kappa shape index (κ2) is 15.1. The maximum Gasteiger partial charge on any atom is 0.303 e. The van der Waals surface area contributed by atoms with Crippen molar-refractivity contribution in [3.63, 3.8) is 0 Å². The number of aliphatic carboxylic acids is 2. The first-order valence-corrected chi connectivity index (χ1v) is 11.5. The molecule has 0 radical (unpaired) electrons. The highest BCUT2D eigenvalue weighted by molar-refractivity contribution is 5.66. The number of rotatable bonds is 17. The Morgan fingerprint density at radius 2 is 1.14 bits per heavy atom. The predicted molar refractivity (Wildman–Crippen MR) is 119 cm³/mol. The van der Waals surface area contributed by atoms with E-state index in [2.05, 4.69) is 32.0 Å². The lowest BCUT2D eigenvalue weighted by molar-refractivity contribution is -0.138. The highest BCUT2D eigenvalue weighted by atomic mass is 16.4. The SMILES string of the molecule is CC(C)c1ccc(CCCCCCCC(=O)O)c(CCCCCCCC(=O)O)c1. The lowest BCUT2D eigenvalue weighted by Gasteiger charge is -2.14.